The molecule has 0 N–H and O–H groups in total. The third-order valence-corrected chi connectivity index (χ3v) is 9.05. The van der Waals surface area contributed by atoms with E-state index in [1.807, 2.05) is 45.4 Å². The zero-order valence-electron chi connectivity index (χ0n) is 24.7. The molecule has 3 aromatic rings. The standard InChI is InChI=1S/C31H37BrFN5O4/c1-18(22-9-7-13-36(22)5)41-29-24-23(39)11-15-38(20-10-14-37(17-20)30(40)42-31(2,3)4)28(24)21-16-19(8-6-12-34)25(32)26(33)27(21)35-29/h11,15-16,18,20,22H,6-10,13-14,17H2,1-5H3/t18-,20?,22-/m0/s1. The molecule has 1 amide bonds. The number of fused-ring (bicyclic) bond motifs is 3. The predicted octanol–water partition coefficient (Wildman–Crippen LogP) is 5.95. The number of aromatic nitrogens is 2. The Morgan fingerprint density at radius 3 is 2.74 bits per heavy atom. The van der Waals surface area contributed by atoms with Gasteiger partial charge in [-0.1, -0.05) is 0 Å². The highest BCUT2D eigenvalue weighted by atomic mass is 79.9. The number of halogens is 2. The first-order chi connectivity index (χ1) is 19.9. The van der Waals surface area contributed by atoms with Gasteiger partial charge in [-0.15, -0.1) is 0 Å². The molecule has 3 atom stereocenters. The maximum Gasteiger partial charge on any atom is 0.410 e. The molecule has 0 spiro atoms. The first-order valence-electron chi connectivity index (χ1n) is 14.5. The molecule has 2 aromatic heterocycles. The lowest BCUT2D eigenvalue weighted by molar-refractivity contribution is 0.0289. The number of hydrogen-bond acceptors (Lipinski definition) is 7. The molecule has 11 heteroatoms. The lowest BCUT2D eigenvalue weighted by Crippen LogP contribution is -2.38. The summed E-state index contributed by atoms with van der Waals surface area (Å²) in [6.45, 7) is 9.26. The van der Waals surface area contributed by atoms with E-state index in [4.69, 9.17) is 9.47 Å². The molecule has 42 heavy (non-hydrogen) atoms. The van der Waals surface area contributed by atoms with E-state index < -0.39 is 17.5 Å². The Morgan fingerprint density at radius 2 is 2.07 bits per heavy atom. The molecular formula is C31H37BrFN5O4. The third kappa shape index (κ3) is 5.84. The fourth-order valence-electron chi connectivity index (χ4n) is 6.16. The van der Waals surface area contributed by atoms with Gasteiger partial charge in [0.2, 0.25) is 5.88 Å². The smallest absolute Gasteiger partial charge is 0.410 e. The van der Waals surface area contributed by atoms with Crippen LogP contribution in [0.2, 0.25) is 0 Å². The first kappa shape index (κ1) is 30.2. The number of hydrogen-bond donors (Lipinski definition) is 0. The fourth-order valence-corrected chi connectivity index (χ4v) is 6.66. The maximum absolute atomic E-state index is 16.0. The van der Waals surface area contributed by atoms with E-state index >= 15 is 4.39 Å². The number of nitriles is 1. The third-order valence-electron chi connectivity index (χ3n) is 8.20. The van der Waals surface area contributed by atoms with Crippen LogP contribution in [0.1, 0.15) is 65.0 Å². The molecule has 4 heterocycles. The van der Waals surface area contributed by atoms with Crippen molar-refractivity contribution < 1.29 is 18.7 Å². The van der Waals surface area contributed by atoms with E-state index in [9.17, 15) is 14.9 Å². The number of nitrogens with zero attached hydrogens (tertiary/aromatic N) is 5. The molecule has 0 bridgehead atoms. The molecule has 1 unspecified atom stereocenters. The molecular weight excluding hydrogens is 605 g/mol. The minimum Gasteiger partial charge on any atom is -0.472 e. The number of carbonyl (C=O) groups is 1. The summed E-state index contributed by atoms with van der Waals surface area (Å²) < 4.78 is 30.2. The molecule has 5 rings (SSSR count). The summed E-state index contributed by atoms with van der Waals surface area (Å²) in [6.07, 6.45) is 4.21. The van der Waals surface area contributed by atoms with Gasteiger partial charge in [0.1, 0.15) is 22.6 Å². The molecule has 2 fully saturated rings. The van der Waals surface area contributed by atoms with Crippen LogP contribution in [-0.4, -0.2) is 69.9 Å². The number of benzene rings is 1. The van der Waals surface area contributed by atoms with Crippen molar-refractivity contribution in [3.63, 3.8) is 0 Å². The van der Waals surface area contributed by atoms with Crippen molar-refractivity contribution in [2.24, 2.45) is 0 Å². The van der Waals surface area contributed by atoms with Crippen molar-refractivity contribution in [1.82, 2.24) is 19.4 Å². The van der Waals surface area contributed by atoms with E-state index in [1.54, 1.807) is 11.1 Å². The van der Waals surface area contributed by atoms with Gasteiger partial charge in [0, 0.05) is 43.2 Å². The number of pyridine rings is 2. The van der Waals surface area contributed by atoms with Gasteiger partial charge in [0.15, 0.2) is 11.2 Å². The Labute approximate surface area is 253 Å². The van der Waals surface area contributed by atoms with Crippen molar-refractivity contribution >= 4 is 43.8 Å². The maximum atomic E-state index is 16.0. The Bertz CT molecular complexity index is 1630. The van der Waals surface area contributed by atoms with Gasteiger partial charge in [-0.05, 0) is 94.5 Å². The molecule has 0 radical (unpaired) electrons. The van der Waals surface area contributed by atoms with Crippen molar-refractivity contribution in [2.75, 3.05) is 26.7 Å². The van der Waals surface area contributed by atoms with Gasteiger partial charge in [-0.2, -0.15) is 5.26 Å². The average molecular weight is 643 g/mol. The van der Waals surface area contributed by atoms with Gasteiger partial charge >= 0.3 is 6.09 Å². The highest BCUT2D eigenvalue weighted by molar-refractivity contribution is 9.10. The quantitative estimate of drug-likeness (QED) is 0.307. The van der Waals surface area contributed by atoms with Crippen LogP contribution in [-0.2, 0) is 11.2 Å². The van der Waals surface area contributed by atoms with E-state index in [0.717, 1.165) is 19.4 Å². The van der Waals surface area contributed by atoms with Crippen LogP contribution in [0.15, 0.2) is 27.6 Å². The van der Waals surface area contributed by atoms with Crippen LogP contribution in [0.25, 0.3) is 21.8 Å². The van der Waals surface area contributed by atoms with Crippen LogP contribution in [0.3, 0.4) is 0 Å². The Kier molecular flexibility index (Phi) is 8.50. The zero-order valence-corrected chi connectivity index (χ0v) is 26.3. The number of aryl methyl sites for hydroxylation is 1. The zero-order chi connectivity index (χ0) is 30.3. The highest BCUT2D eigenvalue weighted by Crippen LogP contribution is 2.38. The van der Waals surface area contributed by atoms with E-state index in [2.05, 4.69) is 31.9 Å². The summed E-state index contributed by atoms with van der Waals surface area (Å²) in [6, 6.07) is 5.37. The summed E-state index contributed by atoms with van der Waals surface area (Å²) in [5.74, 6) is -0.468. The number of carbonyl (C=O) groups excluding carboxylic acids is 1. The Hall–Kier alpha value is -3.23. The van der Waals surface area contributed by atoms with Gasteiger partial charge in [0.25, 0.3) is 0 Å². The number of rotatable bonds is 6. The van der Waals surface area contributed by atoms with Crippen LogP contribution in [0.4, 0.5) is 9.18 Å². The summed E-state index contributed by atoms with van der Waals surface area (Å²) in [7, 11) is 2.05. The molecule has 1 aromatic carbocycles. The van der Waals surface area contributed by atoms with Crippen LogP contribution in [0.5, 0.6) is 5.88 Å². The van der Waals surface area contributed by atoms with E-state index in [1.165, 1.54) is 6.07 Å². The monoisotopic (exact) mass is 641 g/mol. The Morgan fingerprint density at radius 1 is 1.31 bits per heavy atom. The van der Waals surface area contributed by atoms with Crippen molar-refractivity contribution in [2.45, 2.75) is 83.6 Å². The lowest BCUT2D eigenvalue weighted by atomic mass is 10.0. The van der Waals surface area contributed by atoms with Crippen LogP contribution in [0, 0.1) is 17.1 Å². The highest BCUT2D eigenvalue weighted by Gasteiger charge is 2.33. The molecule has 0 saturated carbocycles. The van der Waals surface area contributed by atoms with E-state index in [-0.39, 0.29) is 51.3 Å². The largest absolute Gasteiger partial charge is 0.472 e. The number of likely N-dealkylation sites (tertiary alicyclic amines) is 2. The van der Waals surface area contributed by atoms with Crippen LogP contribution < -0.4 is 10.2 Å². The van der Waals surface area contributed by atoms with Gasteiger partial charge in [0.05, 0.1) is 22.1 Å². The second kappa shape index (κ2) is 11.8. The normalized spacial score (nSPS) is 20.3. The molecule has 2 aliphatic rings. The molecule has 0 aliphatic carbocycles. The summed E-state index contributed by atoms with van der Waals surface area (Å²) in [5, 5.41) is 9.93. The number of likely N-dealkylation sites (N-methyl/N-ethyl adjacent to an activating group) is 1. The average Bonchev–Trinajstić information content (AvgIpc) is 3.59. The van der Waals surface area contributed by atoms with Gasteiger partial charge in [-0.25, -0.2) is 14.2 Å². The number of amides is 1. The second-order valence-corrected chi connectivity index (χ2v) is 13.1. The molecule has 2 aliphatic heterocycles. The lowest BCUT2D eigenvalue weighted by Gasteiger charge is -2.27. The summed E-state index contributed by atoms with van der Waals surface area (Å²) in [4.78, 5) is 34.9. The van der Waals surface area contributed by atoms with Gasteiger partial charge in [-0.3, -0.25) is 9.69 Å². The number of ether oxygens (including phenoxy) is 2. The minimum atomic E-state index is -0.623. The molecule has 224 valence electrons. The van der Waals surface area contributed by atoms with Crippen molar-refractivity contribution in [1.29, 1.82) is 5.26 Å². The minimum absolute atomic E-state index is 0.0819. The SMILES string of the molecule is C[C@H](Oc1nc2c(F)c(Br)c(CCC#N)cc2c2c1c(=O)ccn2C1CCN(C(=O)OC(C)(C)C)C1)[C@@H]1CCCN1C. The molecule has 9 nitrogen and oxygen atoms in total. The van der Waals surface area contributed by atoms with E-state index in [0.29, 0.717) is 42.4 Å². The molecule has 2 saturated heterocycles. The first-order valence-corrected chi connectivity index (χ1v) is 15.3. The predicted molar refractivity (Wildman–Crippen MR) is 162 cm³/mol. The van der Waals surface area contributed by atoms with Crippen LogP contribution >= 0.6 is 15.9 Å². The summed E-state index contributed by atoms with van der Waals surface area (Å²) >= 11 is 3.38. The van der Waals surface area contributed by atoms with Crippen molar-refractivity contribution in [3.8, 4) is 11.9 Å². The second-order valence-electron chi connectivity index (χ2n) is 12.3. The van der Waals surface area contributed by atoms with Crippen molar-refractivity contribution in [3.05, 3.63) is 44.4 Å². The topological polar surface area (TPSA) is 101 Å². The Balaban J connectivity index is 1.69. The van der Waals surface area contributed by atoms with Gasteiger partial charge < -0.3 is 18.9 Å². The fraction of sp³-hybridized carbons (Fsp3) is 0.548. The summed E-state index contributed by atoms with van der Waals surface area (Å²) in [5.41, 5.74) is 0.307.